The summed E-state index contributed by atoms with van der Waals surface area (Å²) in [6.07, 6.45) is 4.11. The number of benzene rings is 2. The molecule has 0 spiro atoms. The van der Waals surface area contributed by atoms with Crippen molar-refractivity contribution in [3.63, 3.8) is 0 Å². The van der Waals surface area contributed by atoms with E-state index in [9.17, 15) is 13.2 Å². The van der Waals surface area contributed by atoms with Crippen LogP contribution in [0.2, 0.25) is 0 Å². The highest BCUT2D eigenvalue weighted by Gasteiger charge is 2.32. The molecule has 0 aromatic heterocycles. The molecule has 1 fully saturated rings. The zero-order valence-electron chi connectivity index (χ0n) is 18.8. The number of anilines is 1. The van der Waals surface area contributed by atoms with Crippen molar-refractivity contribution in [2.75, 3.05) is 31.0 Å². The predicted octanol–water partition coefficient (Wildman–Crippen LogP) is 4.22. The second-order valence-corrected chi connectivity index (χ2v) is 10.1. The highest BCUT2D eigenvalue weighted by Crippen LogP contribution is 2.32. The van der Waals surface area contributed by atoms with Crippen LogP contribution in [0.5, 0.6) is 5.75 Å². The normalized spacial score (nSPS) is 14.8. The lowest BCUT2D eigenvalue weighted by molar-refractivity contribution is -0.129. The molecule has 6 nitrogen and oxygen atoms in total. The number of carbonyl (C=O) groups excluding carboxylic acids is 1. The summed E-state index contributed by atoms with van der Waals surface area (Å²) in [5.74, 6) is 0.0958. The smallest absolute Gasteiger partial charge is 0.268 e. The van der Waals surface area contributed by atoms with E-state index in [0.29, 0.717) is 18.8 Å². The van der Waals surface area contributed by atoms with Crippen LogP contribution in [-0.2, 0) is 14.8 Å². The van der Waals surface area contributed by atoms with Crippen molar-refractivity contribution in [1.82, 2.24) is 4.90 Å². The number of hydrogen-bond acceptors (Lipinski definition) is 4. The molecule has 0 N–H and O–H groups in total. The molecular formula is C24H32N2O4S. The summed E-state index contributed by atoms with van der Waals surface area (Å²) < 4.78 is 34.3. The number of methoxy groups -OCH3 is 1. The highest BCUT2D eigenvalue weighted by molar-refractivity contribution is 7.93. The Kier molecular flexibility index (Phi) is 7.26. The van der Waals surface area contributed by atoms with E-state index in [1.807, 2.05) is 39.0 Å². The van der Waals surface area contributed by atoms with Crippen LogP contribution >= 0.6 is 0 Å². The Balaban J connectivity index is 2.07. The van der Waals surface area contributed by atoms with Crippen molar-refractivity contribution in [3.05, 3.63) is 53.1 Å². The SMILES string of the molecule is COc1ccc(C)cc1S(=O)(=O)N(CC(=O)N1CCCCCC1)c1cc(C)cc(C)c1. The molecule has 1 saturated heterocycles. The Morgan fingerprint density at radius 3 is 2.13 bits per heavy atom. The van der Waals surface area contributed by atoms with E-state index in [0.717, 1.165) is 42.4 Å². The molecule has 31 heavy (non-hydrogen) atoms. The Morgan fingerprint density at radius 1 is 0.935 bits per heavy atom. The van der Waals surface area contributed by atoms with E-state index in [1.165, 1.54) is 11.4 Å². The third-order valence-electron chi connectivity index (χ3n) is 5.62. The summed E-state index contributed by atoms with van der Waals surface area (Å²) >= 11 is 0. The van der Waals surface area contributed by atoms with Crippen molar-refractivity contribution < 1.29 is 17.9 Å². The van der Waals surface area contributed by atoms with E-state index < -0.39 is 10.0 Å². The molecule has 0 atom stereocenters. The first-order valence-electron chi connectivity index (χ1n) is 10.8. The molecule has 1 aliphatic rings. The van der Waals surface area contributed by atoms with Crippen molar-refractivity contribution in [1.29, 1.82) is 0 Å². The minimum Gasteiger partial charge on any atom is -0.495 e. The Bertz CT molecular complexity index is 1020. The van der Waals surface area contributed by atoms with Gasteiger partial charge in [-0.3, -0.25) is 9.10 Å². The number of nitrogens with zero attached hydrogens (tertiary/aromatic N) is 2. The van der Waals surface area contributed by atoms with E-state index in [-0.39, 0.29) is 23.1 Å². The predicted molar refractivity (Wildman–Crippen MR) is 123 cm³/mol. The average molecular weight is 445 g/mol. The number of amides is 1. The van der Waals surface area contributed by atoms with Gasteiger partial charge >= 0.3 is 0 Å². The molecule has 0 radical (unpaired) electrons. The molecule has 7 heteroatoms. The van der Waals surface area contributed by atoms with Gasteiger partial charge in [0.2, 0.25) is 5.91 Å². The number of rotatable bonds is 6. The summed E-state index contributed by atoms with van der Waals surface area (Å²) in [5, 5.41) is 0. The third kappa shape index (κ3) is 5.39. The van der Waals surface area contributed by atoms with Gasteiger partial charge < -0.3 is 9.64 Å². The minimum atomic E-state index is -4.03. The summed E-state index contributed by atoms with van der Waals surface area (Å²) in [7, 11) is -2.58. The van der Waals surface area contributed by atoms with Gasteiger partial charge in [0, 0.05) is 13.1 Å². The van der Waals surface area contributed by atoms with Gasteiger partial charge in [-0.1, -0.05) is 25.0 Å². The third-order valence-corrected chi connectivity index (χ3v) is 7.41. The fraction of sp³-hybridized carbons (Fsp3) is 0.458. The number of ether oxygens (including phenoxy) is 1. The number of sulfonamides is 1. The van der Waals surface area contributed by atoms with Crippen LogP contribution in [0.1, 0.15) is 42.4 Å². The van der Waals surface area contributed by atoms with Gasteiger partial charge in [-0.05, 0) is 74.6 Å². The lowest BCUT2D eigenvalue weighted by Gasteiger charge is -2.29. The first-order valence-corrected chi connectivity index (χ1v) is 12.2. The van der Waals surface area contributed by atoms with Crippen LogP contribution in [-0.4, -0.2) is 46.0 Å². The second kappa shape index (κ2) is 9.73. The highest BCUT2D eigenvalue weighted by atomic mass is 32.2. The van der Waals surface area contributed by atoms with Gasteiger partial charge in [0.05, 0.1) is 12.8 Å². The number of aryl methyl sites for hydroxylation is 3. The average Bonchev–Trinajstić information content (AvgIpc) is 3.00. The summed E-state index contributed by atoms with van der Waals surface area (Å²) in [5.41, 5.74) is 3.17. The van der Waals surface area contributed by atoms with Gasteiger partial charge in [-0.15, -0.1) is 0 Å². The first-order chi connectivity index (χ1) is 14.7. The number of hydrogen-bond donors (Lipinski definition) is 0. The van der Waals surface area contributed by atoms with Gasteiger partial charge in [0.1, 0.15) is 17.2 Å². The summed E-state index contributed by atoms with van der Waals surface area (Å²) in [4.78, 5) is 15.1. The molecule has 1 aliphatic heterocycles. The molecule has 0 bridgehead atoms. The quantitative estimate of drug-likeness (QED) is 0.669. The van der Waals surface area contributed by atoms with Crippen LogP contribution in [0.25, 0.3) is 0 Å². The molecule has 0 saturated carbocycles. The van der Waals surface area contributed by atoms with E-state index >= 15 is 0 Å². The summed E-state index contributed by atoms with van der Waals surface area (Å²) in [6, 6.07) is 10.7. The minimum absolute atomic E-state index is 0.0674. The first kappa shape index (κ1) is 23.1. The van der Waals surface area contributed by atoms with E-state index in [4.69, 9.17) is 4.74 Å². The molecular weight excluding hydrogens is 412 g/mol. The molecule has 1 amide bonds. The molecule has 168 valence electrons. The van der Waals surface area contributed by atoms with E-state index in [2.05, 4.69) is 0 Å². The Morgan fingerprint density at radius 2 is 1.55 bits per heavy atom. The van der Waals surface area contributed by atoms with Gasteiger partial charge in [0.15, 0.2) is 0 Å². The second-order valence-electron chi connectivity index (χ2n) is 8.31. The molecule has 3 rings (SSSR count). The fourth-order valence-electron chi connectivity index (χ4n) is 4.06. The Labute approximate surface area is 185 Å². The molecule has 2 aromatic rings. The Hall–Kier alpha value is -2.54. The van der Waals surface area contributed by atoms with E-state index in [1.54, 1.807) is 23.1 Å². The lowest BCUT2D eigenvalue weighted by Crippen LogP contribution is -2.43. The zero-order valence-corrected chi connectivity index (χ0v) is 19.7. The van der Waals surface area contributed by atoms with Crippen LogP contribution in [0, 0.1) is 20.8 Å². The van der Waals surface area contributed by atoms with Crippen LogP contribution in [0.3, 0.4) is 0 Å². The van der Waals surface area contributed by atoms with Gasteiger partial charge in [-0.25, -0.2) is 8.42 Å². The molecule has 0 aliphatic carbocycles. The maximum atomic E-state index is 13.8. The largest absolute Gasteiger partial charge is 0.495 e. The maximum Gasteiger partial charge on any atom is 0.268 e. The zero-order chi connectivity index (χ0) is 22.6. The van der Waals surface area contributed by atoms with Gasteiger partial charge in [-0.2, -0.15) is 0 Å². The monoisotopic (exact) mass is 444 g/mol. The molecule has 1 heterocycles. The van der Waals surface area contributed by atoms with Crippen LogP contribution in [0.4, 0.5) is 5.69 Å². The maximum absolute atomic E-state index is 13.8. The topological polar surface area (TPSA) is 66.9 Å². The van der Waals surface area contributed by atoms with Gasteiger partial charge in [0.25, 0.3) is 10.0 Å². The molecule has 0 unspecified atom stereocenters. The molecule has 2 aromatic carbocycles. The van der Waals surface area contributed by atoms with Crippen molar-refractivity contribution >= 4 is 21.6 Å². The van der Waals surface area contributed by atoms with Crippen molar-refractivity contribution in [3.8, 4) is 5.75 Å². The van der Waals surface area contributed by atoms with Crippen LogP contribution < -0.4 is 9.04 Å². The number of likely N-dealkylation sites (tertiary alicyclic amines) is 1. The fourth-order valence-corrected chi connectivity index (χ4v) is 5.70. The van der Waals surface area contributed by atoms with Crippen LogP contribution in [0.15, 0.2) is 41.3 Å². The standard InChI is InChI=1S/C24H32N2O4S/c1-18-9-10-22(30-4)23(16-18)31(28,29)26(21-14-19(2)13-20(3)15-21)17-24(27)25-11-7-5-6-8-12-25/h9-10,13-16H,5-8,11-12,17H2,1-4H3. The van der Waals surface area contributed by atoms with Crippen molar-refractivity contribution in [2.45, 2.75) is 51.3 Å². The lowest BCUT2D eigenvalue weighted by atomic mass is 10.1. The summed E-state index contributed by atoms with van der Waals surface area (Å²) in [6.45, 7) is 6.79. The van der Waals surface area contributed by atoms with Crippen molar-refractivity contribution in [2.24, 2.45) is 0 Å². The number of carbonyl (C=O) groups is 1.